The minimum atomic E-state index is -4.76. The van der Waals surface area contributed by atoms with Crippen molar-refractivity contribution in [3.8, 4) is 6.07 Å². The molecule has 0 aromatic heterocycles. The fraction of sp³-hybridized carbons (Fsp3) is 0.217. The van der Waals surface area contributed by atoms with Crippen LogP contribution in [0.1, 0.15) is 36.0 Å². The van der Waals surface area contributed by atoms with E-state index in [0.29, 0.717) is 24.1 Å². The van der Waals surface area contributed by atoms with E-state index in [0.717, 1.165) is 23.5 Å². The van der Waals surface area contributed by atoms with E-state index in [1.165, 1.54) is 18.2 Å². The van der Waals surface area contributed by atoms with Crippen LogP contribution in [0.25, 0.3) is 6.08 Å². The Bertz CT molecular complexity index is 1230. The number of thiocarbonyl (C=S) groups is 1. The third kappa shape index (κ3) is 3.74. The highest BCUT2D eigenvalue weighted by molar-refractivity contribution is 7.81. The summed E-state index contributed by atoms with van der Waals surface area (Å²) in [6, 6.07) is 11.6. The molecule has 33 heavy (non-hydrogen) atoms. The molecule has 2 N–H and O–H groups in total. The first-order valence-electron chi connectivity index (χ1n) is 9.96. The van der Waals surface area contributed by atoms with E-state index < -0.39 is 34.7 Å². The molecule has 168 valence electrons. The van der Waals surface area contributed by atoms with Gasteiger partial charge in [-0.1, -0.05) is 12.1 Å². The maximum absolute atomic E-state index is 13.5. The molecule has 2 aromatic carbocycles. The molecule has 6 nitrogen and oxygen atoms in total. The van der Waals surface area contributed by atoms with E-state index in [2.05, 4.69) is 0 Å². The number of halogens is 3. The fourth-order valence-corrected chi connectivity index (χ4v) is 4.59. The van der Waals surface area contributed by atoms with Gasteiger partial charge in [0.2, 0.25) is 5.91 Å². The summed E-state index contributed by atoms with van der Waals surface area (Å²) in [5.41, 5.74) is 3.77. The van der Waals surface area contributed by atoms with Crippen LogP contribution in [-0.4, -0.2) is 22.5 Å². The monoisotopic (exact) mass is 470 g/mol. The molecule has 2 fully saturated rings. The number of nitriles is 1. The highest BCUT2D eigenvalue weighted by Gasteiger charge is 2.59. The Morgan fingerprint density at radius 2 is 1.79 bits per heavy atom. The Labute approximate surface area is 192 Å². The minimum absolute atomic E-state index is 0.0360. The van der Waals surface area contributed by atoms with Gasteiger partial charge in [0.1, 0.15) is 5.54 Å². The summed E-state index contributed by atoms with van der Waals surface area (Å²) in [7, 11) is 0. The largest absolute Gasteiger partial charge is 0.417 e. The van der Waals surface area contributed by atoms with Gasteiger partial charge < -0.3 is 10.6 Å². The van der Waals surface area contributed by atoms with E-state index in [-0.39, 0.29) is 10.8 Å². The standard InChI is InChI=1S/C23H17F3N4O2S/c24-23(25,26)18-12-17(8-5-15(18)13-27)29-20(32)22(10-1-11-22)30(21(29)33)16-6-2-14(3-7-16)4-9-19(28)31/h2-9,12H,1,10-11H2,(H2,28,31)/b9-4+. The van der Waals surface area contributed by atoms with Crippen molar-refractivity contribution in [3.05, 3.63) is 65.2 Å². The van der Waals surface area contributed by atoms with Crippen molar-refractivity contribution in [2.24, 2.45) is 5.73 Å². The lowest BCUT2D eigenvalue weighted by Crippen LogP contribution is -2.55. The third-order valence-corrected chi connectivity index (χ3v) is 6.24. The molecule has 1 aliphatic heterocycles. The van der Waals surface area contributed by atoms with Crippen LogP contribution >= 0.6 is 12.2 Å². The van der Waals surface area contributed by atoms with E-state index in [4.69, 9.17) is 23.2 Å². The lowest BCUT2D eigenvalue weighted by Gasteiger charge is -2.43. The second kappa shape index (κ2) is 8.01. The summed E-state index contributed by atoms with van der Waals surface area (Å²) < 4.78 is 40.5. The van der Waals surface area contributed by atoms with Crippen LogP contribution in [0.4, 0.5) is 24.5 Å². The van der Waals surface area contributed by atoms with Crippen molar-refractivity contribution >= 4 is 46.6 Å². The van der Waals surface area contributed by atoms with Gasteiger partial charge in [-0.2, -0.15) is 18.4 Å². The number of anilines is 2. The molecule has 1 saturated heterocycles. The molecule has 10 heteroatoms. The van der Waals surface area contributed by atoms with Gasteiger partial charge in [-0.15, -0.1) is 0 Å². The maximum atomic E-state index is 13.5. The van der Waals surface area contributed by atoms with Gasteiger partial charge in [0, 0.05) is 11.8 Å². The number of carbonyl (C=O) groups is 2. The number of amides is 2. The number of primary amides is 1. The first kappa shape index (κ1) is 22.5. The zero-order valence-corrected chi connectivity index (χ0v) is 17.9. The Morgan fingerprint density at radius 1 is 1.15 bits per heavy atom. The van der Waals surface area contributed by atoms with Gasteiger partial charge >= 0.3 is 6.18 Å². The summed E-state index contributed by atoms with van der Waals surface area (Å²) in [6.07, 6.45) is -0.201. The molecule has 0 radical (unpaired) electrons. The predicted octanol–water partition coefficient (Wildman–Crippen LogP) is 4.14. The molecule has 1 spiro atoms. The average molecular weight is 470 g/mol. The van der Waals surface area contributed by atoms with Gasteiger partial charge in [-0.25, -0.2) is 0 Å². The zero-order valence-electron chi connectivity index (χ0n) is 17.1. The normalized spacial score (nSPS) is 17.5. The molecule has 0 bridgehead atoms. The molecule has 2 amide bonds. The molecule has 1 aliphatic carbocycles. The summed E-state index contributed by atoms with van der Waals surface area (Å²) in [4.78, 5) is 27.2. The zero-order chi connectivity index (χ0) is 24.0. The van der Waals surface area contributed by atoms with E-state index >= 15 is 0 Å². The Hall–Kier alpha value is -3.71. The van der Waals surface area contributed by atoms with Crippen LogP contribution in [0.2, 0.25) is 0 Å². The Balaban J connectivity index is 1.74. The van der Waals surface area contributed by atoms with E-state index in [1.807, 2.05) is 0 Å². The van der Waals surface area contributed by atoms with Crippen LogP contribution < -0.4 is 15.5 Å². The molecule has 0 atom stereocenters. The number of hydrogen-bond donors (Lipinski definition) is 1. The Kier molecular flexibility index (Phi) is 5.46. The second-order valence-corrected chi connectivity index (χ2v) is 8.18. The van der Waals surface area contributed by atoms with Crippen molar-refractivity contribution in [3.63, 3.8) is 0 Å². The Morgan fingerprint density at radius 3 is 2.30 bits per heavy atom. The lowest BCUT2D eigenvalue weighted by molar-refractivity contribution is -0.137. The van der Waals surface area contributed by atoms with E-state index in [1.54, 1.807) is 35.2 Å². The van der Waals surface area contributed by atoms with Crippen molar-refractivity contribution < 1.29 is 22.8 Å². The minimum Gasteiger partial charge on any atom is -0.366 e. The van der Waals surface area contributed by atoms with Gasteiger partial charge in [0.05, 0.1) is 22.9 Å². The van der Waals surface area contributed by atoms with Gasteiger partial charge in [0.15, 0.2) is 5.11 Å². The topological polar surface area (TPSA) is 90.4 Å². The molecule has 1 heterocycles. The number of nitrogens with zero attached hydrogens (tertiary/aromatic N) is 3. The van der Waals surface area contributed by atoms with Crippen LogP contribution in [0.15, 0.2) is 48.5 Å². The highest BCUT2D eigenvalue weighted by Crippen LogP contribution is 2.48. The summed E-state index contributed by atoms with van der Waals surface area (Å²) >= 11 is 5.58. The van der Waals surface area contributed by atoms with Gasteiger partial charge in [-0.05, 0) is 73.5 Å². The molecule has 1 saturated carbocycles. The quantitative estimate of drug-likeness (QED) is 0.536. The molecule has 2 aliphatic rings. The van der Waals surface area contributed by atoms with Crippen LogP contribution in [0.3, 0.4) is 0 Å². The van der Waals surface area contributed by atoms with Crippen LogP contribution in [0.5, 0.6) is 0 Å². The van der Waals surface area contributed by atoms with Crippen molar-refractivity contribution in [1.29, 1.82) is 5.26 Å². The van der Waals surface area contributed by atoms with E-state index in [9.17, 15) is 22.8 Å². The first-order valence-corrected chi connectivity index (χ1v) is 10.4. The molecule has 4 rings (SSSR count). The van der Waals surface area contributed by atoms with Gasteiger partial charge in [0.25, 0.3) is 5.91 Å². The highest BCUT2D eigenvalue weighted by atomic mass is 32.1. The van der Waals surface area contributed by atoms with Crippen LogP contribution in [0, 0.1) is 11.3 Å². The number of benzene rings is 2. The van der Waals surface area contributed by atoms with Crippen molar-refractivity contribution in [2.75, 3.05) is 9.80 Å². The molecule has 0 unspecified atom stereocenters. The summed E-state index contributed by atoms with van der Waals surface area (Å²) in [6.45, 7) is 0. The SMILES string of the molecule is N#Cc1ccc(N2C(=O)C3(CCC3)N(c3ccc(/C=C/C(N)=O)cc3)C2=S)cc1C(F)(F)F. The third-order valence-electron chi connectivity index (χ3n) is 5.87. The number of carbonyl (C=O) groups excluding carboxylic acids is 2. The smallest absolute Gasteiger partial charge is 0.366 e. The molecule has 2 aromatic rings. The number of alkyl halides is 3. The maximum Gasteiger partial charge on any atom is 0.417 e. The average Bonchev–Trinajstić information content (AvgIpc) is 2.98. The van der Waals surface area contributed by atoms with Crippen molar-refractivity contribution in [1.82, 2.24) is 0 Å². The second-order valence-electron chi connectivity index (χ2n) is 7.81. The molecular formula is C23H17F3N4O2S. The van der Waals surface area contributed by atoms with Gasteiger partial charge in [-0.3, -0.25) is 14.5 Å². The fourth-order valence-electron chi connectivity index (χ4n) is 4.12. The summed E-state index contributed by atoms with van der Waals surface area (Å²) in [5.74, 6) is -0.982. The molecular weight excluding hydrogens is 453 g/mol. The van der Waals surface area contributed by atoms with Crippen molar-refractivity contribution in [2.45, 2.75) is 31.0 Å². The first-order chi connectivity index (χ1) is 15.6. The number of nitrogens with two attached hydrogens (primary N) is 1. The lowest BCUT2D eigenvalue weighted by atomic mass is 9.75. The predicted molar refractivity (Wildman–Crippen MR) is 120 cm³/mol. The summed E-state index contributed by atoms with van der Waals surface area (Å²) in [5, 5.41) is 9.13. The van der Waals surface area contributed by atoms with Crippen LogP contribution in [-0.2, 0) is 15.8 Å². The number of rotatable bonds is 4. The number of hydrogen-bond acceptors (Lipinski definition) is 4.